The van der Waals surface area contributed by atoms with Crippen molar-refractivity contribution in [3.8, 4) is 0 Å². The summed E-state index contributed by atoms with van der Waals surface area (Å²) in [6, 6.07) is 4.15. The van der Waals surface area contributed by atoms with E-state index in [1.54, 1.807) is 6.07 Å². The third-order valence-electron chi connectivity index (χ3n) is 5.63. The van der Waals surface area contributed by atoms with Crippen molar-refractivity contribution in [2.24, 2.45) is 0 Å². The van der Waals surface area contributed by atoms with Crippen molar-refractivity contribution >= 4 is 17.4 Å². The standard InChI is InChI=1S/C21H26FN5O2/c1-12(25-21(29)17-11-24-20(13-2-3-13)26-19(17)23)16-10-14(22)4-5-18(16)27-8-6-15(28)7-9-27/h4-5,10-13,15,28H,2-3,6-9H2,1H3,(H,25,29)(H2,23,24,26). The molecule has 1 amide bonds. The smallest absolute Gasteiger partial charge is 0.257 e. The second-order valence-corrected chi connectivity index (χ2v) is 7.92. The van der Waals surface area contributed by atoms with Crippen LogP contribution in [0.5, 0.6) is 0 Å². The molecule has 1 saturated carbocycles. The fourth-order valence-corrected chi connectivity index (χ4v) is 3.74. The number of hydrogen-bond donors (Lipinski definition) is 3. The average molecular weight is 399 g/mol. The zero-order valence-corrected chi connectivity index (χ0v) is 16.4. The Morgan fingerprint density at radius 2 is 2.03 bits per heavy atom. The van der Waals surface area contributed by atoms with Gasteiger partial charge >= 0.3 is 0 Å². The van der Waals surface area contributed by atoms with Crippen molar-refractivity contribution in [1.29, 1.82) is 0 Å². The number of halogens is 1. The number of benzene rings is 1. The maximum Gasteiger partial charge on any atom is 0.257 e. The highest BCUT2D eigenvalue weighted by Crippen LogP contribution is 2.38. The molecule has 8 heteroatoms. The van der Waals surface area contributed by atoms with Gasteiger partial charge in [-0.2, -0.15) is 0 Å². The number of aliphatic hydroxyl groups excluding tert-OH is 1. The van der Waals surface area contributed by atoms with Gasteiger partial charge < -0.3 is 21.1 Å². The monoisotopic (exact) mass is 399 g/mol. The summed E-state index contributed by atoms with van der Waals surface area (Å²) in [6.45, 7) is 3.18. The highest BCUT2D eigenvalue weighted by atomic mass is 19.1. The van der Waals surface area contributed by atoms with E-state index in [4.69, 9.17) is 5.73 Å². The summed E-state index contributed by atoms with van der Waals surface area (Å²) >= 11 is 0. The Hall–Kier alpha value is -2.74. The van der Waals surface area contributed by atoms with Crippen LogP contribution in [0.15, 0.2) is 24.4 Å². The molecule has 1 aromatic carbocycles. The maximum atomic E-state index is 14.0. The molecule has 4 N–H and O–H groups in total. The van der Waals surface area contributed by atoms with E-state index in [1.807, 2.05) is 6.92 Å². The Labute approximate surface area is 169 Å². The molecule has 1 saturated heterocycles. The predicted molar refractivity (Wildman–Crippen MR) is 108 cm³/mol. The first-order valence-corrected chi connectivity index (χ1v) is 10.1. The average Bonchev–Trinajstić information content (AvgIpc) is 3.54. The molecule has 1 atom stereocenters. The first kappa shape index (κ1) is 19.6. The fraction of sp³-hybridized carbons (Fsp3) is 0.476. The van der Waals surface area contributed by atoms with Crippen LogP contribution in [0.25, 0.3) is 0 Å². The number of hydrogen-bond acceptors (Lipinski definition) is 6. The van der Waals surface area contributed by atoms with Gasteiger partial charge in [0.2, 0.25) is 0 Å². The highest BCUT2D eigenvalue weighted by Gasteiger charge is 2.28. The van der Waals surface area contributed by atoms with Crippen LogP contribution in [0.3, 0.4) is 0 Å². The van der Waals surface area contributed by atoms with Crippen molar-refractivity contribution in [2.45, 2.75) is 50.7 Å². The Balaban J connectivity index is 1.52. The van der Waals surface area contributed by atoms with Gasteiger partial charge in [-0.05, 0) is 50.8 Å². The molecule has 2 aliphatic rings. The minimum Gasteiger partial charge on any atom is -0.393 e. The summed E-state index contributed by atoms with van der Waals surface area (Å²) in [6.07, 6.45) is 4.61. The minimum atomic E-state index is -0.442. The van der Waals surface area contributed by atoms with Gasteiger partial charge in [0.25, 0.3) is 5.91 Å². The molecule has 154 valence electrons. The summed E-state index contributed by atoms with van der Waals surface area (Å²) in [7, 11) is 0. The maximum absolute atomic E-state index is 14.0. The predicted octanol–water partition coefficient (Wildman–Crippen LogP) is 2.53. The number of aliphatic hydroxyl groups is 1. The number of carbonyl (C=O) groups excluding carboxylic acids is 1. The van der Waals surface area contributed by atoms with Gasteiger partial charge in [-0.3, -0.25) is 4.79 Å². The van der Waals surface area contributed by atoms with E-state index >= 15 is 0 Å². The molecule has 29 heavy (non-hydrogen) atoms. The van der Waals surface area contributed by atoms with E-state index in [2.05, 4.69) is 20.2 Å². The summed E-state index contributed by atoms with van der Waals surface area (Å²) in [4.78, 5) is 23.4. The molecule has 0 bridgehead atoms. The summed E-state index contributed by atoms with van der Waals surface area (Å²) < 4.78 is 14.0. The van der Waals surface area contributed by atoms with Crippen molar-refractivity contribution < 1.29 is 14.3 Å². The first-order chi connectivity index (χ1) is 13.9. The summed E-state index contributed by atoms with van der Waals surface area (Å²) in [5, 5.41) is 12.6. The third kappa shape index (κ3) is 4.32. The molecule has 0 radical (unpaired) electrons. The number of nitrogen functional groups attached to an aromatic ring is 1. The Bertz CT molecular complexity index is 910. The van der Waals surface area contributed by atoms with Gasteiger partial charge in [0.1, 0.15) is 17.5 Å². The lowest BCUT2D eigenvalue weighted by molar-refractivity contribution is 0.0940. The molecule has 2 fully saturated rings. The molecule has 7 nitrogen and oxygen atoms in total. The van der Waals surface area contributed by atoms with Crippen LogP contribution < -0.4 is 16.0 Å². The Kier molecular flexibility index (Phi) is 5.36. The molecule has 0 spiro atoms. The van der Waals surface area contributed by atoms with Crippen LogP contribution in [0.2, 0.25) is 0 Å². The van der Waals surface area contributed by atoms with Gasteiger partial charge in [-0.15, -0.1) is 0 Å². The molecule has 1 aromatic heterocycles. The Morgan fingerprint density at radius 1 is 1.31 bits per heavy atom. The lowest BCUT2D eigenvalue weighted by Gasteiger charge is -2.34. The van der Waals surface area contributed by atoms with Gasteiger partial charge in [0, 0.05) is 36.5 Å². The summed E-state index contributed by atoms with van der Waals surface area (Å²) in [5.74, 6) is 0.453. The van der Waals surface area contributed by atoms with Gasteiger partial charge in [0.15, 0.2) is 0 Å². The Morgan fingerprint density at radius 3 is 2.69 bits per heavy atom. The molecule has 1 unspecified atom stereocenters. The highest BCUT2D eigenvalue weighted by molar-refractivity contribution is 5.98. The molecule has 2 heterocycles. The van der Waals surface area contributed by atoms with Crippen LogP contribution >= 0.6 is 0 Å². The third-order valence-corrected chi connectivity index (χ3v) is 5.63. The number of carbonyl (C=O) groups is 1. The number of rotatable bonds is 5. The van der Waals surface area contributed by atoms with E-state index < -0.39 is 6.04 Å². The second kappa shape index (κ2) is 7.94. The van der Waals surface area contributed by atoms with Crippen LogP contribution in [0.4, 0.5) is 15.9 Å². The lowest BCUT2D eigenvalue weighted by Crippen LogP contribution is -2.37. The van der Waals surface area contributed by atoms with Crippen LogP contribution in [0, 0.1) is 5.82 Å². The SMILES string of the molecule is CC(NC(=O)c1cnc(C2CC2)nc1N)c1cc(F)ccc1N1CCC(O)CC1. The number of nitrogens with zero attached hydrogens (tertiary/aromatic N) is 3. The minimum absolute atomic E-state index is 0.163. The lowest BCUT2D eigenvalue weighted by atomic mass is 10.0. The first-order valence-electron chi connectivity index (χ1n) is 10.1. The molecule has 2 aromatic rings. The van der Waals surface area contributed by atoms with E-state index in [0.29, 0.717) is 43.2 Å². The van der Waals surface area contributed by atoms with Gasteiger partial charge in [0.05, 0.1) is 17.7 Å². The number of anilines is 2. The summed E-state index contributed by atoms with van der Waals surface area (Å²) in [5.41, 5.74) is 7.75. The quantitative estimate of drug-likeness (QED) is 0.714. The van der Waals surface area contributed by atoms with E-state index in [9.17, 15) is 14.3 Å². The molecular formula is C21H26FN5O2. The largest absolute Gasteiger partial charge is 0.393 e. The molecule has 1 aliphatic heterocycles. The zero-order valence-electron chi connectivity index (χ0n) is 16.4. The molecule has 1 aliphatic carbocycles. The number of piperidine rings is 1. The van der Waals surface area contributed by atoms with Gasteiger partial charge in [-0.25, -0.2) is 14.4 Å². The van der Waals surface area contributed by atoms with Crippen molar-refractivity contribution in [3.05, 3.63) is 47.2 Å². The second-order valence-electron chi connectivity index (χ2n) is 7.92. The van der Waals surface area contributed by atoms with Crippen molar-refractivity contribution in [2.75, 3.05) is 23.7 Å². The molecular weight excluding hydrogens is 373 g/mol. The fourth-order valence-electron chi connectivity index (χ4n) is 3.74. The zero-order chi connectivity index (χ0) is 20.5. The number of nitrogens with one attached hydrogen (secondary N) is 1. The van der Waals surface area contributed by atoms with Crippen LogP contribution in [0.1, 0.15) is 66.3 Å². The number of aromatic nitrogens is 2. The van der Waals surface area contributed by atoms with Crippen LogP contribution in [-0.4, -0.2) is 40.2 Å². The van der Waals surface area contributed by atoms with Crippen molar-refractivity contribution in [3.63, 3.8) is 0 Å². The van der Waals surface area contributed by atoms with Crippen LogP contribution in [-0.2, 0) is 0 Å². The van der Waals surface area contributed by atoms with Gasteiger partial charge in [-0.1, -0.05) is 0 Å². The topological polar surface area (TPSA) is 104 Å². The number of nitrogens with two attached hydrogens (primary N) is 1. The van der Waals surface area contributed by atoms with E-state index in [-0.39, 0.29) is 29.2 Å². The van der Waals surface area contributed by atoms with E-state index in [0.717, 1.165) is 18.5 Å². The van der Waals surface area contributed by atoms with Crippen molar-refractivity contribution in [1.82, 2.24) is 15.3 Å². The normalized spacial score (nSPS) is 18.5. The van der Waals surface area contributed by atoms with E-state index in [1.165, 1.54) is 18.3 Å². The number of amides is 1. The molecule has 4 rings (SSSR count).